The van der Waals surface area contributed by atoms with Gasteiger partial charge in [0.15, 0.2) is 0 Å². The number of carbonyl (C=O) groups excluding carboxylic acids is 1. The van der Waals surface area contributed by atoms with E-state index < -0.39 is 5.97 Å². The van der Waals surface area contributed by atoms with E-state index in [1.165, 1.54) is 6.92 Å². The SMILES string of the molecule is C/C(=C\C(=O)O)C(=O)N1CCN(C)CC1. The molecule has 84 valence electrons. The fourth-order valence-corrected chi connectivity index (χ4v) is 1.51. The summed E-state index contributed by atoms with van der Waals surface area (Å²) < 4.78 is 0. The lowest BCUT2D eigenvalue weighted by Crippen LogP contribution is -2.47. The minimum Gasteiger partial charge on any atom is -0.478 e. The molecule has 0 bridgehead atoms. The third-order valence-corrected chi connectivity index (χ3v) is 2.47. The first kappa shape index (κ1) is 11.7. The highest BCUT2D eigenvalue weighted by molar-refractivity contribution is 5.98. The molecule has 5 nitrogen and oxygen atoms in total. The summed E-state index contributed by atoms with van der Waals surface area (Å²) in [6.07, 6.45) is 0.959. The Kier molecular flexibility index (Phi) is 3.85. The van der Waals surface area contributed by atoms with Gasteiger partial charge in [-0.15, -0.1) is 0 Å². The lowest BCUT2D eigenvalue weighted by atomic mass is 10.2. The number of amides is 1. The molecule has 0 atom stereocenters. The molecule has 1 fully saturated rings. The van der Waals surface area contributed by atoms with E-state index >= 15 is 0 Å². The molecule has 1 amide bonds. The van der Waals surface area contributed by atoms with E-state index in [1.807, 2.05) is 7.05 Å². The summed E-state index contributed by atoms with van der Waals surface area (Å²) in [4.78, 5) is 25.9. The van der Waals surface area contributed by atoms with Crippen LogP contribution in [0.3, 0.4) is 0 Å². The van der Waals surface area contributed by atoms with E-state index in [-0.39, 0.29) is 11.5 Å². The largest absolute Gasteiger partial charge is 0.478 e. The lowest BCUT2D eigenvalue weighted by Gasteiger charge is -2.32. The van der Waals surface area contributed by atoms with Crippen molar-refractivity contribution in [1.29, 1.82) is 0 Å². The standard InChI is InChI=1S/C10H16N2O3/c1-8(7-9(13)14)10(15)12-5-3-11(2)4-6-12/h7H,3-6H2,1-2H3,(H,13,14)/b8-7+. The van der Waals surface area contributed by atoms with Crippen molar-refractivity contribution in [1.82, 2.24) is 9.80 Å². The van der Waals surface area contributed by atoms with Crippen LogP contribution in [0.15, 0.2) is 11.6 Å². The van der Waals surface area contributed by atoms with Crippen molar-refractivity contribution >= 4 is 11.9 Å². The average molecular weight is 212 g/mol. The molecule has 0 radical (unpaired) electrons. The molecule has 1 aliphatic rings. The molecule has 0 aromatic heterocycles. The number of nitrogens with zero attached hydrogens (tertiary/aromatic N) is 2. The van der Waals surface area contributed by atoms with E-state index in [1.54, 1.807) is 4.90 Å². The number of rotatable bonds is 2. The number of piperazine rings is 1. The first-order valence-corrected chi connectivity index (χ1v) is 4.89. The van der Waals surface area contributed by atoms with Crippen molar-refractivity contribution in [3.05, 3.63) is 11.6 Å². The van der Waals surface area contributed by atoms with Gasteiger partial charge in [0.1, 0.15) is 0 Å². The third kappa shape index (κ3) is 3.36. The molecule has 1 aliphatic heterocycles. The lowest BCUT2D eigenvalue weighted by molar-refractivity contribution is -0.133. The van der Waals surface area contributed by atoms with E-state index in [2.05, 4.69) is 4.90 Å². The van der Waals surface area contributed by atoms with Gasteiger partial charge in [0.25, 0.3) is 0 Å². The smallest absolute Gasteiger partial charge is 0.328 e. The first-order valence-electron chi connectivity index (χ1n) is 4.89. The van der Waals surface area contributed by atoms with Gasteiger partial charge >= 0.3 is 5.97 Å². The van der Waals surface area contributed by atoms with Crippen LogP contribution in [-0.4, -0.2) is 60.0 Å². The van der Waals surface area contributed by atoms with Gasteiger partial charge in [0, 0.05) is 37.8 Å². The first-order chi connectivity index (χ1) is 7.00. The molecular weight excluding hydrogens is 196 g/mol. The summed E-state index contributed by atoms with van der Waals surface area (Å²) in [5.41, 5.74) is 0.284. The van der Waals surface area contributed by atoms with Crippen molar-refractivity contribution in [2.24, 2.45) is 0 Å². The monoisotopic (exact) mass is 212 g/mol. The summed E-state index contributed by atoms with van der Waals surface area (Å²) >= 11 is 0. The van der Waals surface area contributed by atoms with Crippen LogP contribution in [-0.2, 0) is 9.59 Å². The molecule has 0 aromatic rings. The second kappa shape index (κ2) is 4.93. The highest BCUT2D eigenvalue weighted by atomic mass is 16.4. The summed E-state index contributed by atoms with van der Waals surface area (Å²) in [5.74, 6) is -1.25. The Bertz CT molecular complexity index is 291. The van der Waals surface area contributed by atoms with Gasteiger partial charge in [-0.3, -0.25) is 4.79 Å². The number of carbonyl (C=O) groups is 2. The highest BCUT2D eigenvalue weighted by Gasteiger charge is 2.20. The van der Waals surface area contributed by atoms with Crippen LogP contribution in [0.1, 0.15) is 6.92 Å². The number of carboxylic acid groups (broad SMARTS) is 1. The maximum Gasteiger partial charge on any atom is 0.328 e. The Balaban J connectivity index is 2.57. The van der Waals surface area contributed by atoms with Crippen LogP contribution in [0.5, 0.6) is 0 Å². The van der Waals surface area contributed by atoms with Gasteiger partial charge < -0.3 is 14.9 Å². The number of hydrogen-bond acceptors (Lipinski definition) is 3. The minimum atomic E-state index is -1.07. The van der Waals surface area contributed by atoms with Crippen molar-refractivity contribution in [3.8, 4) is 0 Å². The molecule has 0 saturated carbocycles. The topological polar surface area (TPSA) is 60.9 Å². The second-order valence-corrected chi connectivity index (χ2v) is 3.76. The molecule has 15 heavy (non-hydrogen) atoms. The molecule has 0 unspecified atom stereocenters. The van der Waals surface area contributed by atoms with Gasteiger partial charge in [-0.05, 0) is 14.0 Å². The molecule has 1 N–H and O–H groups in total. The van der Waals surface area contributed by atoms with E-state index in [0.717, 1.165) is 19.2 Å². The Labute approximate surface area is 89.0 Å². The maximum atomic E-state index is 11.7. The van der Waals surface area contributed by atoms with E-state index in [4.69, 9.17) is 5.11 Å². The van der Waals surface area contributed by atoms with Gasteiger partial charge in [-0.25, -0.2) is 4.79 Å². The van der Waals surface area contributed by atoms with E-state index in [9.17, 15) is 9.59 Å². The van der Waals surface area contributed by atoms with Crippen LogP contribution in [0.2, 0.25) is 0 Å². The van der Waals surface area contributed by atoms with Gasteiger partial charge in [0.2, 0.25) is 5.91 Å². The Morgan fingerprint density at radius 1 is 1.20 bits per heavy atom. The molecular formula is C10H16N2O3. The normalized spacial score (nSPS) is 19.1. The molecule has 0 spiro atoms. The van der Waals surface area contributed by atoms with Crippen molar-refractivity contribution < 1.29 is 14.7 Å². The zero-order valence-corrected chi connectivity index (χ0v) is 9.06. The van der Waals surface area contributed by atoms with Crippen LogP contribution >= 0.6 is 0 Å². The predicted octanol–water partition coefficient (Wildman–Crippen LogP) is -0.209. The van der Waals surface area contributed by atoms with Crippen LogP contribution in [0, 0.1) is 0 Å². The summed E-state index contributed by atoms with van der Waals surface area (Å²) in [5, 5.41) is 8.52. The zero-order chi connectivity index (χ0) is 11.4. The maximum absolute atomic E-state index is 11.7. The average Bonchev–Trinajstić information content (AvgIpc) is 2.17. The number of hydrogen-bond donors (Lipinski definition) is 1. The highest BCUT2D eigenvalue weighted by Crippen LogP contribution is 2.05. The fourth-order valence-electron chi connectivity index (χ4n) is 1.51. The summed E-state index contributed by atoms with van der Waals surface area (Å²) in [7, 11) is 2.00. The third-order valence-electron chi connectivity index (χ3n) is 2.47. The predicted molar refractivity (Wildman–Crippen MR) is 55.5 cm³/mol. The molecule has 0 aliphatic carbocycles. The van der Waals surface area contributed by atoms with Crippen molar-refractivity contribution in [2.75, 3.05) is 33.2 Å². The zero-order valence-electron chi connectivity index (χ0n) is 9.06. The molecule has 1 rings (SSSR count). The summed E-state index contributed by atoms with van der Waals surface area (Å²) in [6.45, 7) is 4.55. The molecule has 1 saturated heterocycles. The van der Waals surface area contributed by atoms with Crippen molar-refractivity contribution in [3.63, 3.8) is 0 Å². The number of carboxylic acids is 1. The molecule has 0 aromatic carbocycles. The quantitative estimate of drug-likeness (QED) is 0.643. The van der Waals surface area contributed by atoms with Crippen LogP contribution < -0.4 is 0 Å². The van der Waals surface area contributed by atoms with Crippen LogP contribution in [0.25, 0.3) is 0 Å². The number of likely N-dealkylation sites (N-methyl/N-ethyl adjacent to an activating group) is 1. The van der Waals surface area contributed by atoms with Crippen LogP contribution in [0.4, 0.5) is 0 Å². The van der Waals surface area contributed by atoms with Gasteiger partial charge in [-0.2, -0.15) is 0 Å². The second-order valence-electron chi connectivity index (χ2n) is 3.76. The minimum absolute atomic E-state index is 0.175. The summed E-state index contributed by atoms with van der Waals surface area (Å²) in [6, 6.07) is 0. The Morgan fingerprint density at radius 2 is 1.73 bits per heavy atom. The van der Waals surface area contributed by atoms with Gasteiger partial charge in [0.05, 0.1) is 0 Å². The van der Waals surface area contributed by atoms with Gasteiger partial charge in [-0.1, -0.05) is 0 Å². The Hall–Kier alpha value is -1.36. The Morgan fingerprint density at radius 3 is 2.20 bits per heavy atom. The molecule has 5 heteroatoms. The number of aliphatic carboxylic acids is 1. The molecule has 1 heterocycles. The van der Waals surface area contributed by atoms with Crippen molar-refractivity contribution in [2.45, 2.75) is 6.92 Å². The van der Waals surface area contributed by atoms with E-state index in [0.29, 0.717) is 13.1 Å². The fraction of sp³-hybridized carbons (Fsp3) is 0.600.